The van der Waals surface area contributed by atoms with Gasteiger partial charge in [-0.25, -0.2) is 0 Å². The van der Waals surface area contributed by atoms with Crippen LogP contribution in [0.1, 0.15) is 48.2 Å². The molecule has 0 unspecified atom stereocenters. The Labute approximate surface area is 132 Å². The van der Waals surface area contributed by atoms with Crippen molar-refractivity contribution in [2.24, 2.45) is 0 Å². The van der Waals surface area contributed by atoms with Crippen molar-refractivity contribution in [1.29, 1.82) is 0 Å². The first-order valence-electron chi connectivity index (χ1n) is 8.19. The predicted molar refractivity (Wildman–Crippen MR) is 87.9 cm³/mol. The fourth-order valence-electron chi connectivity index (χ4n) is 3.09. The van der Waals surface area contributed by atoms with Gasteiger partial charge in [-0.2, -0.15) is 5.10 Å². The molecular weight excluding hydrogens is 274 g/mol. The topological polar surface area (TPSA) is 49.9 Å². The number of nitrogens with one attached hydrogen (secondary N) is 2. The molecule has 0 radical (unpaired) electrons. The van der Waals surface area contributed by atoms with Crippen LogP contribution >= 0.6 is 0 Å². The van der Waals surface area contributed by atoms with Crippen LogP contribution in [0.4, 0.5) is 0 Å². The summed E-state index contributed by atoms with van der Waals surface area (Å²) in [4.78, 5) is 0. The zero-order chi connectivity index (χ0) is 15.4. The summed E-state index contributed by atoms with van der Waals surface area (Å²) >= 11 is 0. The molecule has 1 aliphatic rings. The molecule has 118 valence electrons. The third-order valence-electron chi connectivity index (χ3n) is 4.42. The smallest absolute Gasteiger partial charge is 0.120 e. The lowest BCUT2D eigenvalue weighted by atomic mass is 10.1. The number of benzene rings is 1. The van der Waals surface area contributed by atoms with Gasteiger partial charge < -0.3 is 10.1 Å². The standard InChI is InChI=1S/C18H25N3O/c1-13-18(14(2)21-20-13)12-19-11-15-6-5-9-17(10-15)22-16-7-3-4-8-16/h5-6,9-10,16,19H,3-4,7-8,11-12H2,1-2H3,(H,20,21). The van der Waals surface area contributed by atoms with Crippen molar-refractivity contribution < 1.29 is 4.74 Å². The molecule has 0 aliphatic heterocycles. The highest BCUT2D eigenvalue weighted by Gasteiger charge is 2.16. The number of aromatic nitrogens is 2. The van der Waals surface area contributed by atoms with Crippen molar-refractivity contribution in [3.8, 4) is 5.75 Å². The minimum absolute atomic E-state index is 0.416. The zero-order valence-corrected chi connectivity index (χ0v) is 13.5. The Balaban J connectivity index is 1.54. The van der Waals surface area contributed by atoms with E-state index in [1.54, 1.807) is 0 Å². The van der Waals surface area contributed by atoms with Crippen LogP contribution < -0.4 is 10.1 Å². The average molecular weight is 299 g/mol. The van der Waals surface area contributed by atoms with E-state index in [0.29, 0.717) is 6.10 Å². The Hall–Kier alpha value is -1.81. The molecule has 3 rings (SSSR count). The van der Waals surface area contributed by atoms with Crippen molar-refractivity contribution in [2.75, 3.05) is 0 Å². The molecule has 1 aromatic carbocycles. The SMILES string of the molecule is Cc1n[nH]c(C)c1CNCc1cccc(OC2CCCC2)c1. The van der Waals surface area contributed by atoms with E-state index >= 15 is 0 Å². The minimum atomic E-state index is 0.416. The van der Waals surface area contributed by atoms with Gasteiger partial charge in [-0.1, -0.05) is 12.1 Å². The van der Waals surface area contributed by atoms with Crippen LogP contribution in [-0.4, -0.2) is 16.3 Å². The highest BCUT2D eigenvalue weighted by Crippen LogP contribution is 2.24. The Kier molecular flexibility index (Phi) is 4.78. The first-order chi connectivity index (χ1) is 10.7. The maximum absolute atomic E-state index is 6.06. The highest BCUT2D eigenvalue weighted by molar-refractivity contribution is 5.29. The minimum Gasteiger partial charge on any atom is -0.490 e. The van der Waals surface area contributed by atoms with Gasteiger partial charge in [0.15, 0.2) is 0 Å². The third kappa shape index (κ3) is 3.69. The zero-order valence-electron chi connectivity index (χ0n) is 13.5. The normalized spacial score (nSPS) is 15.4. The summed E-state index contributed by atoms with van der Waals surface area (Å²) in [6, 6.07) is 8.44. The molecule has 1 fully saturated rings. The van der Waals surface area contributed by atoms with Crippen molar-refractivity contribution in [1.82, 2.24) is 15.5 Å². The first-order valence-corrected chi connectivity index (χ1v) is 8.19. The molecule has 0 saturated heterocycles. The van der Waals surface area contributed by atoms with Gasteiger partial charge in [-0.05, 0) is 57.2 Å². The van der Waals surface area contributed by atoms with E-state index in [2.05, 4.69) is 46.7 Å². The van der Waals surface area contributed by atoms with Gasteiger partial charge in [-0.3, -0.25) is 5.10 Å². The summed E-state index contributed by atoms with van der Waals surface area (Å²) in [6.45, 7) is 5.78. The van der Waals surface area contributed by atoms with Crippen LogP contribution in [0, 0.1) is 13.8 Å². The average Bonchev–Trinajstić information content (AvgIpc) is 3.12. The number of rotatable bonds is 6. The summed E-state index contributed by atoms with van der Waals surface area (Å²) in [5, 5.41) is 10.7. The Morgan fingerprint density at radius 1 is 1.23 bits per heavy atom. The second-order valence-electron chi connectivity index (χ2n) is 6.19. The van der Waals surface area contributed by atoms with E-state index in [-0.39, 0.29) is 0 Å². The molecule has 2 aromatic rings. The lowest BCUT2D eigenvalue weighted by Gasteiger charge is -2.14. The Bertz CT molecular complexity index is 595. The number of hydrogen-bond acceptors (Lipinski definition) is 3. The van der Waals surface area contributed by atoms with Crippen molar-refractivity contribution in [3.05, 3.63) is 46.8 Å². The first kappa shape index (κ1) is 15.1. The van der Waals surface area contributed by atoms with Crippen LogP contribution in [0.15, 0.2) is 24.3 Å². The molecule has 1 heterocycles. The number of hydrogen-bond donors (Lipinski definition) is 2. The highest BCUT2D eigenvalue weighted by atomic mass is 16.5. The number of aromatic amines is 1. The van der Waals surface area contributed by atoms with Gasteiger partial charge >= 0.3 is 0 Å². The van der Waals surface area contributed by atoms with Gasteiger partial charge in [0, 0.05) is 24.3 Å². The van der Waals surface area contributed by atoms with E-state index in [9.17, 15) is 0 Å². The van der Waals surface area contributed by atoms with Crippen LogP contribution in [0.3, 0.4) is 0 Å². The van der Waals surface area contributed by atoms with E-state index < -0.39 is 0 Å². The molecule has 0 atom stereocenters. The lowest BCUT2D eigenvalue weighted by molar-refractivity contribution is 0.210. The van der Waals surface area contributed by atoms with E-state index in [1.807, 2.05) is 6.92 Å². The maximum Gasteiger partial charge on any atom is 0.120 e. The van der Waals surface area contributed by atoms with Crippen LogP contribution in [0.2, 0.25) is 0 Å². The fraction of sp³-hybridized carbons (Fsp3) is 0.500. The van der Waals surface area contributed by atoms with Crippen molar-refractivity contribution in [3.63, 3.8) is 0 Å². The van der Waals surface area contributed by atoms with Crippen LogP contribution in [0.5, 0.6) is 5.75 Å². The fourth-order valence-corrected chi connectivity index (χ4v) is 3.09. The second-order valence-corrected chi connectivity index (χ2v) is 6.19. The largest absolute Gasteiger partial charge is 0.490 e. The van der Waals surface area contributed by atoms with Crippen molar-refractivity contribution >= 4 is 0 Å². The molecule has 2 N–H and O–H groups in total. The third-order valence-corrected chi connectivity index (χ3v) is 4.42. The molecule has 1 aromatic heterocycles. The van der Waals surface area contributed by atoms with Crippen LogP contribution in [-0.2, 0) is 13.1 Å². The summed E-state index contributed by atoms with van der Waals surface area (Å²) in [6.07, 6.45) is 5.41. The molecular formula is C18H25N3O. The maximum atomic E-state index is 6.06. The summed E-state index contributed by atoms with van der Waals surface area (Å²) in [7, 11) is 0. The van der Waals surface area contributed by atoms with E-state index in [4.69, 9.17) is 4.74 Å². The summed E-state index contributed by atoms with van der Waals surface area (Å²) in [5.41, 5.74) is 4.74. The molecule has 0 bridgehead atoms. The molecule has 1 aliphatic carbocycles. The van der Waals surface area contributed by atoms with E-state index in [0.717, 1.165) is 30.2 Å². The monoisotopic (exact) mass is 299 g/mol. The predicted octanol–water partition coefficient (Wildman–Crippen LogP) is 3.64. The molecule has 0 amide bonds. The molecule has 4 nitrogen and oxygen atoms in total. The van der Waals surface area contributed by atoms with Gasteiger partial charge in [0.25, 0.3) is 0 Å². The van der Waals surface area contributed by atoms with Gasteiger partial charge in [0.05, 0.1) is 11.8 Å². The van der Waals surface area contributed by atoms with Gasteiger partial charge in [0.1, 0.15) is 5.75 Å². The summed E-state index contributed by atoms with van der Waals surface area (Å²) < 4.78 is 6.06. The van der Waals surface area contributed by atoms with Gasteiger partial charge in [0.2, 0.25) is 0 Å². The lowest BCUT2D eigenvalue weighted by Crippen LogP contribution is -2.14. The van der Waals surface area contributed by atoms with Crippen LogP contribution in [0.25, 0.3) is 0 Å². The summed E-state index contributed by atoms with van der Waals surface area (Å²) in [5.74, 6) is 1.00. The number of ether oxygens (including phenoxy) is 1. The molecule has 22 heavy (non-hydrogen) atoms. The number of nitrogens with zero attached hydrogens (tertiary/aromatic N) is 1. The van der Waals surface area contributed by atoms with Crippen molar-refractivity contribution in [2.45, 2.75) is 58.7 Å². The Morgan fingerprint density at radius 3 is 2.77 bits per heavy atom. The quantitative estimate of drug-likeness (QED) is 0.856. The molecule has 4 heteroatoms. The second kappa shape index (κ2) is 6.97. The Morgan fingerprint density at radius 2 is 2.05 bits per heavy atom. The van der Waals surface area contributed by atoms with Gasteiger partial charge in [-0.15, -0.1) is 0 Å². The molecule has 1 saturated carbocycles. The molecule has 0 spiro atoms. The number of H-pyrrole nitrogens is 1. The van der Waals surface area contributed by atoms with E-state index in [1.165, 1.54) is 36.8 Å². The number of aryl methyl sites for hydroxylation is 2.